The van der Waals surface area contributed by atoms with Crippen LogP contribution in [-0.4, -0.2) is 32.3 Å². The molecule has 0 spiro atoms. The minimum atomic E-state index is -2.94. The Labute approximate surface area is 778 Å². The fourth-order valence-corrected chi connectivity index (χ4v) is 40.5. The van der Waals surface area contributed by atoms with Gasteiger partial charge in [0, 0.05) is 33.5 Å². The predicted octanol–water partition coefficient (Wildman–Crippen LogP) is 20.9. The first-order chi connectivity index (χ1) is 65.5. The fraction of sp³-hybridized carbons (Fsp3) is 0. The fourth-order valence-electron chi connectivity index (χ4n) is 21.5. The first-order valence-corrected chi connectivity index (χ1v) is 53.8. The van der Waals surface area contributed by atoms with E-state index in [0.29, 0.717) is 0 Å². The minimum absolute atomic E-state index is 1.05. The Morgan fingerprint density at radius 3 is 0.409 bits per heavy atom. The SMILES string of the molecule is c1ccc([Si](c2ccccc2)(c2ccccc2)c2ccc(-c3ccc(N(c4ccc([Si](c5ccccc5)(c5ccccc5)c5ccccc5)cc4)c4cc5c6ccccc6c(N(c6ccc(-c7ccc([Si](c8ccccc8)(c8ccccc8)c8ccccc8)cc7)cc6)c6ccc([Si](c7ccccc7)(c7ccccc7)c7ccccc7)cc6)cc5c5ccccc45)cc3)cc2)cc1. The van der Waals surface area contributed by atoms with E-state index in [1.54, 1.807) is 0 Å². The van der Waals surface area contributed by atoms with Gasteiger partial charge in [-0.05, 0) is 187 Å². The van der Waals surface area contributed by atoms with E-state index in [9.17, 15) is 0 Å². The zero-order chi connectivity index (χ0) is 88.1. The normalized spacial score (nSPS) is 11.8. The first-order valence-electron chi connectivity index (χ1n) is 45.8. The van der Waals surface area contributed by atoms with E-state index in [1.807, 2.05) is 0 Å². The Kier molecular flexibility index (Phi) is 22.3. The lowest BCUT2D eigenvalue weighted by atomic mass is 9.93. The molecule has 0 bridgehead atoms. The molecule has 0 radical (unpaired) electrons. The van der Waals surface area contributed by atoms with E-state index in [1.165, 1.54) is 83.0 Å². The molecule has 0 aliphatic rings. The van der Waals surface area contributed by atoms with Gasteiger partial charge in [0.25, 0.3) is 0 Å². The van der Waals surface area contributed by atoms with Crippen LogP contribution in [0, 0.1) is 0 Å². The van der Waals surface area contributed by atoms with Crippen LogP contribution in [-0.2, 0) is 0 Å². The highest BCUT2D eigenvalue weighted by Crippen LogP contribution is 2.48. The summed E-state index contributed by atoms with van der Waals surface area (Å²) in [5, 5.41) is 28.3. The smallest absolute Gasteiger partial charge is 0.179 e. The molecule has 0 unspecified atom stereocenters. The van der Waals surface area contributed by atoms with E-state index < -0.39 is 32.3 Å². The zero-order valence-electron chi connectivity index (χ0n) is 73.2. The van der Waals surface area contributed by atoms with Gasteiger partial charge in [0.15, 0.2) is 32.3 Å². The van der Waals surface area contributed by atoms with Gasteiger partial charge < -0.3 is 9.80 Å². The first kappa shape index (κ1) is 81.8. The van der Waals surface area contributed by atoms with E-state index in [2.05, 4.69) is 580 Å². The van der Waals surface area contributed by atoms with Crippen LogP contribution >= 0.6 is 0 Å². The maximum Gasteiger partial charge on any atom is 0.179 e. The minimum Gasteiger partial charge on any atom is -0.310 e. The summed E-state index contributed by atoms with van der Waals surface area (Å²) in [4.78, 5) is 5.05. The molecule has 0 aromatic heterocycles. The van der Waals surface area contributed by atoms with Crippen molar-refractivity contribution in [2.45, 2.75) is 0 Å². The molecule has 2 nitrogen and oxygen atoms in total. The molecule has 624 valence electrons. The highest BCUT2D eigenvalue weighted by molar-refractivity contribution is 7.22. The van der Waals surface area contributed by atoms with Crippen LogP contribution < -0.4 is 92.8 Å². The summed E-state index contributed by atoms with van der Waals surface area (Å²) >= 11 is 0. The van der Waals surface area contributed by atoms with Gasteiger partial charge in [-0.3, -0.25) is 0 Å². The lowest BCUT2D eigenvalue weighted by Crippen LogP contribution is -2.74. The predicted molar refractivity (Wildman–Crippen MR) is 574 cm³/mol. The topological polar surface area (TPSA) is 6.48 Å². The third-order valence-electron chi connectivity index (χ3n) is 27.5. The number of nitrogens with zero attached hydrogens (tertiary/aromatic N) is 2. The summed E-state index contributed by atoms with van der Waals surface area (Å²) in [7, 11) is -11.4. The monoisotopic (exact) mass is 1750 g/mol. The molecule has 22 aromatic carbocycles. The Bertz CT molecular complexity index is 6840. The van der Waals surface area contributed by atoms with Gasteiger partial charge in [-0.1, -0.05) is 510 Å². The zero-order valence-corrected chi connectivity index (χ0v) is 77.2. The molecule has 132 heavy (non-hydrogen) atoms. The third kappa shape index (κ3) is 14.4. The van der Waals surface area contributed by atoms with Crippen LogP contribution in [0.15, 0.2) is 570 Å². The Morgan fingerprint density at radius 1 is 0.106 bits per heavy atom. The van der Waals surface area contributed by atoms with Crippen LogP contribution in [0.5, 0.6) is 0 Å². The van der Waals surface area contributed by atoms with Crippen LogP contribution in [0.4, 0.5) is 34.1 Å². The van der Waals surface area contributed by atoms with Crippen molar-refractivity contribution in [1.82, 2.24) is 0 Å². The molecule has 0 fully saturated rings. The molecule has 0 heterocycles. The Hall–Kier alpha value is -15.9. The molecular weight excluding hydrogens is 1650 g/mol. The molecule has 22 aromatic rings. The average Bonchev–Trinajstić information content (AvgIpc) is 0.744. The number of rotatable bonds is 24. The van der Waals surface area contributed by atoms with E-state index in [0.717, 1.165) is 88.7 Å². The van der Waals surface area contributed by atoms with Crippen molar-refractivity contribution < 1.29 is 0 Å². The standard InChI is InChI=1S/C126H94N2Si4/c1-13-41-103(42-14-1)129(104-43-15-2-16-44-104,105-45-17-3-18-46-105)115-85-73-97(74-86-115)95-69-77-99(78-70-95)127(101-81-89-117(90-82-101)131(109-53-25-7-26-54-109,110-55-27-8-28-56-110)111-57-29-9-30-58-111)125-93-123-120-66-38-40-68-122(120)126(94-124(123)119-65-37-39-67-121(119)125)128(102-83-91-118(92-84-102)132(112-59-31-10-32-60-112,113-61-33-11-34-62-113)114-63-35-12-36-64-114)100-79-71-96(72-80-100)98-75-87-116(88-76-98)130(106-47-19-4-20-48-106,107-49-21-5-22-50-107)108-51-23-6-24-52-108/h1-94H. The van der Waals surface area contributed by atoms with Crippen molar-refractivity contribution in [3.05, 3.63) is 570 Å². The van der Waals surface area contributed by atoms with Crippen LogP contribution in [0.1, 0.15) is 0 Å². The van der Waals surface area contributed by atoms with Crippen LogP contribution in [0.3, 0.4) is 0 Å². The number of hydrogen-bond acceptors (Lipinski definition) is 2. The lowest BCUT2D eigenvalue weighted by Gasteiger charge is -2.35. The van der Waals surface area contributed by atoms with Crippen molar-refractivity contribution in [3.63, 3.8) is 0 Å². The molecule has 0 amide bonds. The molecule has 0 aliphatic heterocycles. The van der Waals surface area contributed by atoms with Gasteiger partial charge in [0.1, 0.15) is 0 Å². The number of fused-ring (bicyclic) bond motifs is 5. The second-order valence-electron chi connectivity index (χ2n) is 34.4. The summed E-state index contributed by atoms with van der Waals surface area (Å²) in [5.74, 6) is 0. The number of benzene rings is 22. The van der Waals surface area contributed by atoms with Crippen LogP contribution in [0.25, 0.3) is 54.6 Å². The molecule has 6 heteroatoms. The average molecular weight is 1750 g/mol. The molecular formula is C126H94N2Si4. The van der Waals surface area contributed by atoms with Crippen molar-refractivity contribution in [3.8, 4) is 22.3 Å². The molecule has 0 aliphatic carbocycles. The van der Waals surface area contributed by atoms with Gasteiger partial charge >= 0.3 is 0 Å². The summed E-state index contributed by atoms with van der Waals surface area (Å²) in [6.07, 6.45) is 0. The van der Waals surface area contributed by atoms with Crippen LogP contribution in [0.2, 0.25) is 0 Å². The molecule has 0 atom stereocenters. The summed E-state index contributed by atoms with van der Waals surface area (Å²) in [5.41, 5.74) is 10.9. The van der Waals surface area contributed by atoms with Crippen molar-refractivity contribution in [2.75, 3.05) is 9.80 Å². The quantitative estimate of drug-likeness (QED) is 0.0338. The largest absolute Gasteiger partial charge is 0.310 e. The Balaban J connectivity index is 0.719. The van der Waals surface area contributed by atoms with Gasteiger partial charge in [-0.15, -0.1) is 0 Å². The van der Waals surface area contributed by atoms with Crippen molar-refractivity contribution in [1.29, 1.82) is 0 Å². The van der Waals surface area contributed by atoms with Gasteiger partial charge in [0.2, 0.25) is 0 Å². The second-order valence-corrected chi connectivity index (χ2v) is 49.6. The highest BCUT2D eigenvalue weighted by Gasteiger charge is 2.46. The maximum atomic E-state index is 2.53. The summed E-state index contributed by atoms with van der Waals surface area (Å²) < 4.78 is 0. The summed E-state index contributed by atoms with van der Waals surface area (Å²) in [6, 6.07) is 215. The number of anilines is 6. The van der Waals surface area contributed by atoms with Gasteiger partial charge in [-0.25, -0.2) is 0 Å². The summed E-state index contributed by atoms with van der Waals surface area (Å²) in [6.45, 7) is 0. The second kappa shape index (κ2) is 36.0. The Morgan fingerprint density at radius 2 is 0.235 bits per heavy atom. The number of hydrogen-bond donors (Lipinski definition) is 0. The lowest BCUT2D eigenvalue weighted by molar-refractivity contribution is 1.30. The van der Waals surface area contributed by atoms with Gasteiger partial charge in [0.05, 0.1) is 11.4 Å². The highest BCUT2D eigenvalue weighted by atomic mass is 28.3. The molecule has 0 saturated carbocycles. The third-order valence-corrected chi connectivity index (χ3v) is 46.7. The van der Waals surface area contributed by atoms with Crippen molar-refractivity contribution in [2.24, 2.45) is 0 Å². The van der Waals surface area contributed by atoms with Crippen molar-refractivity contribution >= 4 is 182 Å². The molecule has 0 saturated heterocycles. The molecule has 22 rings (SSSR count). The van der Waals surface area contributed by atoms with E-state index >= 15 is 0 Å². The maximum absolute atomic E-state index is 2.94. The van der Waals surface area contributed by atoms with Gasteiger partial charge in [-0.2, -0.15) is 0 Å². The molecule has 0 N–H and O–H groups in total. The van der Waals surface area contributed by atoms with E-state index in [-0.39, 0.29) is 0 Å². The van der Waals surface area contributed by atoms with E-state index in [4.69, 9.17) is 0 Å².